The third kappa shape index (κ3) is 3.92. The molecule has 28 heavy (non-hydrogen) atoms. The van der Waals surface area contributed by atoms with Crippen molar-refractivity contribution in [3.63, 3.8) is 0 Å². The summed E-state index contributed by atoms with van der Waals surface area (Å²) in [4.78, 5) is 0. The maximum atomic E-state index is 9.94. The van der Waals surface area contributed by atoms with Gasteiger partial charge in [-0.25, -0.2) is 0 Å². The molecule has 0 amide bonds. The highest BCUT2D eigenvalue weighted by atomic mass is 32.1. The molecular weight excluding hydrogens is 370 g/mol. The number of hydrazine groups is 1. The lowest BCUT2D eigenvalue weighted by molar-refractivity contribution is 0.0739. The topological polar surface area (TPSA) is 65.5 Å². The van der Waals surface area contributed by atoms with Crippen LogP contribution in [0.15, 0.2) is 48.5 Å². The van der Waals surface area contributed by atoms with E-state index in [1.807, 2.05) is 37.3 Å². The number of thiocarbonyl (C=S) groups is 1. The zero-order valence-electron chi connectivity index (χ0n) is 15.9. The van der Waals surface area contributed by atoms with Gasteiger partial charge in [-0.05, 0) is 80.7 Å². The van der Waals surface area contributed by atoms with E-state index >= 15 is 0 Å². The number of aromatic hydroxyl groups is 1. The second kappa shape index (κ2) is 7.72. The number of fused-ring (bicyclic) bond motifs is 1. The third-order valence-corrected chi connectivity index (χ3v) is 5.58. The van der Waals surface area contributed by atoms with E-state index in [9.17, 15) is 5.11 Å². The Bertz CT molecular complexity index is 920. The van der Waals surface area contributed by atoms with Crippen molar-refractivity contribution in [2.24, 2.45) is 0 Å². The number of phenols is 1. The van der Waals surface area contributed by atoms with Crippen molar-refractivity contribution < 1.29 is 9.84 Å². The standard InChI is InChI=1S/C22H25N3O2S/c1-15-7-3-4-8-18(15)23-21(28)25-24-19-14-22(11-5-2-6-12-22)27-20-10-9-16(26)13-17(19)20/h3-4,7-10,13-14,24,26H,2,5-6,11-12H2,1H3,(H2,23,25,28). The summed E-state index contributed by atoms with van der Waals surface area (Å²) in [7, 11) is 0. The molecule has 0 saturated heterocycles. The number of hydrogen-bond donors (Lipinski definition) is 4. The van der Waals surface area contributed by atoms with Crippen molar-refractivity contribution in [3.05, 3.63) is 59.7 Å². The van der Waals surface area contributed by atoms with Crippen molar-refractivity contribution in [3.8, 4) is 11.5 Å². The van der Waals surface area contributed by atoms with Crippen LogP contribution >= 0.6 is 12.2 Å². The third-order valence-electron chi connectivity index (χ3n) is 5.38. The molecule has 1 saturated carbocycles. The molecule has 0 unspecified atom stereocenters. The first-order valence-electron chi connectivity index (χ1n) is 9.69. The van der Waals surface area contributed by atoms with Gasteiger partial charge in [-0.2, -0.15) is 0 Å². The van der Waals surface area contributed by atoms with E-state index in [-0.39, 0.29) is 11.4 Å². The van der Waals surface area contributed by atoms with Crippen LogP contribution in [0.4, 0.5) is 5.69 Å². The predicted molar refractivity (Wildman–Crippen MR) is 116 cm³/mol. The van der Waals surface area contributed by atoms with Gasteiger partial charge in [-0.15, -0.1) is 0 Å². The smallest absolute Gasteiger partial charge is 0.189 e. The van der Waals surface area contributed by atoms with Crippen molar-refractivity contribution in [1.29, 1.82) is 0 Å². The summed E-state index contributed by atoms with van der Waals surface area (Å²) in [5.74, 6) is 0.986. The molecule has 2 aromatic rings. The Morgan fingerprint density at radius 1 is 1.11 bits per heavy atom. The molecule has 1 aliphatic carbocycles. The molecule has 0 bridgehead atoms. The number of benzene rings is 2. The molecule has 146 valence electrons. The lowest BCUT2D eigenvalue weighted by Crippen LogP contribution is -2.44. The fourth-order valence-electron chi connectivity index (χ4n) is 3.90. The molecule has 0 aromatic heterocycles. The number of hydrogen-bond acceptors (Lipinski definition) is 4. The summed E-state index contributed by atoms with van der Waals surface area (Å²) in [5, 5.41) is 13.6. The molecule has 2 aromatic carbocycles. The van der Waals surface area contributed by atoms with E-state index in [0.717, 1.165) is 53.9 Å². The molecule has 2 aliphatic rings. The normalized spacial score (nSPS) is 17.1. The minimum atomic E-state index is -0.294. The van der Waals surface area contributed by atoms with Crippen molar-refractivity contribution >= 4 is 28.7 Å². The van der Waals surface area contributed by atoms with Gasteiger partial charge >= 0.3 is 0 Å². The predicted octanol–water partition coefficient (Wildman–Crippen LogP) is 4.63. The number of para-hydroxylation sites is 1. The Balaban J connectivity index is 1.53. The molecule has 0 radical (unpaired) electrons. The molecule has 4 N–H and O–H groups in total. The highest BCUT2D eigenvalue weighted by Crippen LogP contribution is 2.42. The number of nitrogens with one attached hydrogen (secondary N) is 3. The van der Waals surface area contributed by atoms with Gasteiger partial charge in [0.05, 0.1) is 5.70 Å². The average molecular weight is 396 g/mol. The SMILES string of the molecule is Cc1ccccc1NC(=S)NNC1=CC2(CCCCC2)Oc2ccc(O)cc21. The molecule has 1 aliphatic heterocycles. The average Bonchev–Trinajstić information content (AvgIpc) is 2.69. The van der Waals surface area contributed by atoms with Gasteiger partial charge < -0.3 is 15.2 Å². The lowest BCUT2D eigenvalue weighted by Gasteiger charge is -2.39. The van der Waals surface area contributed by atoms with Crippen LogP contribution in [0, 0.1) is 6.92 Å². The van der Waals surface area contributed by atoms with Gasteiger partial charge in [0.15, 0.2) is 5.11 Å². The molecule has 4 rings (SSSR count). The summed E-state index contributed by atoms with van der Waals surface area (Å²) in [6.45, 7) is 2.03. The van der Waals surface area contributed by atoms with Gasteiger partial charge in [0.2, 0.25) is 0 Å². The largest absolute Gasteiger partial charge is 0.508 e. The van der Waals surface area contributed by atoms with Crippen molar-refractivity contribution in [2.75, 3.05) is 5.32 Å². The highest BCUT2D eigenvalue weighted by Gasteiger charge is 2.37. The number of rotatable bonds is 3. The Kier molecular flexibility index (Phi) is 5.13. The minimum absolute atomic E-state index is 0.204. The Morgan fingerprint density at radius 3 is 2.68 bits per heavy atom. The van der Waals surface area contributed by atoms with Crippen LogP contribution in [-0.2, 0) is 0 Å². The zero-order chi connectivity index (χ0) is 19.6. The number of phenolic OH excluding ortho intramolecular Hbond substituents is 1. The van der Waals surface area contributed by atoms with E-state index in [4.69, 9.17) is 17.0 Å². The van der Waals surface area contributed by atoms with E-state index < -0.39 is 0 Å². The number of aryl methyl sites for hydroxylation is 1. The monoisotopic (exact) mass is 395 g/mol. The maximum Gasteiger partial charge on any atom is 0.189 e. The fourth-order valence-corrected chi connectivity index (χ4v) is 4.06. The van der Waals surface area contributed by atoms with Crippen LogP contribution in [0.25, 0.3) is 5.70 Å². The molecule has 6 heteroatoms. The van der Waals surface area contributed by atoms with Crippen molar-refractivity contribution in [2.45, 2.75) is 44.6 Å². The summed E-state index contributed by atoms with van der Waals surface area (Å²) in [6.07, 6.45) is 7.66. The van der Waals surface area contributed by atoms with E-state index in [1.165, 1.54) is 6.42 Å². The summed E-state index contributed by atoms with van der Waals surface area (Å²) < 4.78 is 6.36. The summed E-state index contributed by atoms with van der Waals surface area (Å²) in [6, 6.07) is 13.2. The van der Waals surface area contributed by atoms with Gasteiger partial charge in [-0.1, -0.05) is 24.6 Å². The fraction of sp³-hybridized carbons (Fsp3) is 0.318. The minimum Gasteiger partial charge on any atom is -0.508 e. The first kappa shape index (κ1) is 18.6. The zero-order valence-corrected chi connectivity index (χ0v) is 16.7. The van der Waals surface area contributed by atoms with E-state index in [1.54, 1.807) is 12.1 Å². The van der Waals surface area contributed by atoms with Gasteiger partial charge in [0.25, 0.3) is 0 Å². The second-order valence-electron chi connectivity index (χ2n) is 7.49. The van der Waals surface area contributed by atoms with Gasteiger partial charge in [0.1, 0.15) is 17.1 Å². The van der Waals surface area contributed by atoms with Crippen molar-refractivity contribution in [1.82, 2.24) is 10.9 Å². The molecule has 1 fully saturated rings. The van der Waals surface area contributed by atoms with E-state index in [2.05, 4.69) is 22.2 Å². The van der Waals surface area contributed by atoms with Gasteiger partial charge in [0, 0.05) is 11.3 Å². The number of anilines is 1. The Labute approximate surface area is 170 Å². The van der Waals surface area contributed by atoms with Crippen LogP contribution in [0.5, 0.6) is 11.5 Å². The maximum absolute atomic E-state index is 9.94. The number of ether oxygens (including phenoxy) is 1. The molecular formula is C22H25N3O2S. The molecule has 1 heterocycles. The van der Waals surface area contributed by atoms with Crippen LogP contribution in [0.2, 0.25) is 0 Å². The summed E-state index contributed by atoms with van der Waals surface area (Å²) in [5.41, 5.74) is 9.78. The highest BCUT2D eigenvalue weighted by molar-refractivity contribution is 7.80. The van der Waals surface area contributed by atoms with Crippen LogP contribution in [0.3, 0.4) is 0 Å². The second-order valence-corrected chi connectivity index (χ2v) is 7.89. The lowest BCUT2D eigenvalue weighted by atomic mass is 9.82. The molecule has 5 nitrogen and oxygen atoms in total. The molecule has 1 spiro atoms. The van der Waals surface area contributed by atoms with Crippen LogP contribution in [-0.4, -0.2) is 15.8 Å². The summed E-state index contributed by atoms with van der Waals surface area (Å²) >= 11 is 5.44. The Hall–Kier alpha value is -2.73. The van der Waals surface area contributed by atoms with E-state index in [0.29, 0.717) is 5.11 Å². The van der Waals surface area contributed by atoms with Crippen LogP contribution in [0.1, 0.15) is 43.2 Å². The Morgan fingerprint density at radius 2 is 1.89 bits per heavy atom. The molecule has 0 atom stereocenters. The van der Waals surface area contributed by atoms with Crippen LogP contribution < -0.4 is 20.9 Å². The first-order valence-corrected chi connectivity index (χ1v) is 10.1. The quantitative estimate of drug-likeness (QED) is 0.449. The first-order chi connectivity index (χ1) is 13.5. The van der Waals surface area contributed by atoms with Gasteiger partial charge in [-0.3, -0.25) is 10.9 Å².